The Morgan fingerprint density at radius 2 is 1.08 bits per heavy atom. The first-order valence-corrected chi connectivity index (χ1v) is 25.7. The maximum absolute atomic E-state index is 12.4. The average molecular weight is 885 g/mol. The lowest BCUT2D eigenvalue weighted by molar-refractivity contribution is 0.131. The van der Waals surface area contributed by atoms with E-state index in [1.54, 1.807) is 23.5 Å². The van der Waals surface area contributed by atoms with E-state index in [0.717, 1.165) is 89.5 Å². The molecule has 1 saturated carbocycles. The van der Waals surface area contributed by atoms with Crippen molar-refractivity contribution in [1.29, 1.82) is 0 Å². The van der Waals surface area contributed by atoms with Crippen LogP contribution in [-0.4, -0.2) is 32.4 Å². The Morgan fingerprint density at radius 3 is 1.74 bits per heavy atom. The third-order valence-corrected chi connectivity index (χ3v) is 15.0. The van der Waals surface area contributed by atoms with Crippen molar-refractivity contribution >= 4 is 0 Å². The minimum Gasteiger partial charge on any atom is -0.507 e. The Bertz CT molecular complexity index is 2570. The summed E-state index contributed by atoms with van der Waals surface area (Å²) < 4.78 is 13.5. The maximum Gasteiger partial charge on any atom is 0.131 e. The summed E-state index contributed by atoms with van der Waals surface area (Å²) in [4.78, 5) is 9.09. The number of aryl methyl sites for hydroxylation is 4. The summed E-state index contributed by atoms with van der Waals surface area (Å²) >= 11 is 0. The molecule has 1 fully saturated rings. The van der Waals surface area contributed by atoms with Crippen molar-refractivity contribution in [3.8, 4) is 56.4 Å². The molecule has 4 aliphatic rings. The van der Waals surface area contributed by atoms with Gasteiger partial charge in [0.25, 0.3) is 0 Å². The molecular formula is C60H72N2O4. The van der Waals surface area contributed by atoms with Crippen LogP contribution in [0, 0.1) is 13.8 Å². The second-order valence-corrected chi connectivity index (χ2v) is 20.2. The largest absolute Gasteiger partial charge is 0.507 e. The van der Waals surface area contributed by atoms with E-state index in [0.29, 0.717) is 29.4 Å². The fourth-order valence-corrected chi connectivity index (χ4v) is 11.8. The number of phenols is 2. The van der Waals surface area contributed by atoms with E-state index in [9.17, 15) is 10.2 Å². The highest BCUT2D eigenvalue weighted by molar-refractivity contribution is 5.88. The van der Waals surface area contributed by atoms with Gasteiger partial charge in [0.1, 0.15) is 23.0 Å². The van der Waals surface area contributed by atoms with Crippen LogP contribution in [0.5, 0.6) is 23.0 Å². The van der Waals surface area contributed by atoms with Gasteiger partial charge in [-0.1, -0.05) is 49.5 Å². The summed E-state index contributed by atoms with van der Waals surface area (Å²) in [5.74, 6) is 2.00. The molecule has 3 aromatic carbocycles. The van der Waals surface area contributed by atoms with Crippen LogP contribution in [0.15, 0.2) is 90.0 Å². The molecule has 0 saturated heterocycles. The Labute approximate surface area is 394 Å². The third-order valence-electron chi connectivity index (χ3n) is 15.0. The van der Waals surface area contributed by atoms with E-state index in [1.807, 2.05) is 24.5 Å². The normalized spacial score (nSPS) is 19.7. The Morgan fingerprint density at radius 1 is 0.545 bits per heavy atom. The predicted molar refractivity (Wildman–Crippen MR) is 270 cm³/mol. The minimum atomic E-state index is -0.219. The van der Waals surface area contributed by atoms with Gasteiger partial charge >= 0.3 is 0 Å². The van der Waals surface area contributed by atoms with E-state index in [4.69, 9.17) is 9.47 Å². The first-order valence-electron chi connectivity index (χ1n) is 25.7. The number of nitrogens with zero attached hydrogens (tertiary/aromatic N) is 2. The average Bonchev–Trinajstić information content (AvgIpc) is 3.70. The number of rotatable bonds is 11. The molecule has 9 rings (SSSR count). The summed E-state index contributed by atoms with van der Waals surface area (Å²) in [7, 11) is 0. The Kier molecular flexibility index (Phi) is 14.6. The standard InChI is InChI=1S/C60H72N2O4/c1-39-30-47(36-44-20-11-7-5-6-10-18-43-19-16-17-23-48(43)44)59(63)51(31-39)54-37-61-28-26-56(54)65-41(3)34-42(4)66-57-27-29-62-38-55(57)52-32-40(2)33-53(60(52)64)58-49-24-14-8-12-21-45(49)35-46-22-13-9-15-25-50(46)58/h18,26-33,35,37-38,41-42,63-64H,5-17,19-25,34,36H2,1-4H3/b43-18-,48-44+/t41?,42-/m1/s1. The van der Waals surface area contributed by atoms with Gasteiger partial charge in [-0.05, 0) is 223 Å². The molecule has 6 heteroatoms. The van der Waals surface area contributed by atoms with E-state index in [-0.39, 0.29) is 12.2 Å². The molecule has 0 amide bonds. The van der Waals surface area contributed by atoms with Gasteiger partial charge < -0.3 is 19.7 Å². The van der Waals surface area contributed by atoms with Crippen molar-refractivity contribution in [2.24, 2.45) is 0 Å². The lowest BCUT2D eigenvalue weighted by Crippen LogP contribution is -2.23. The van der Waals surface area contributed by atoms with Crippen LogP contribution < -0.4 is 9.47 Å². The molecule has 2 atom stereocenters. The number of pyridine rings is 2. The number of benzene rings is 3. The Balaban J connectivity index is 0.957. The molecule has 0 aliphatic heterocycles. The molecular weight excluding hydrogens is 813 g/mol. The summed E-state index contributed by atoms with van der Waals surface area (Å²) in [6.45, 7) is 8.41. The number of aromatic nitrogens is 2. The highest BCUT2D eigenvalue weighted by atomic mass is 16.5. The second-order valence-electron chi connectivity index (χ2n) is 20.2. The van der Waals surface area contributed by atoms with Gasteiger partial charge in [0, 0.05) is 59.0 Å². The van der Waals surface area contributed by atoms with Gasteiger partial charge in [-0.15, -0.1) is 0 Å². The number of fused-ring (bicyclic) bond motifs is 3. The number of allylic oxidation sites excluding steroid dienone is 4. The molecule has 2 N–H and O–H groups in total. The molecule has 1 unspecified atom stereocenters. The summed E-state index contributed by atoms with van der Waals surface area (Å²) in [6, 6.07) is 14.9. The lowest BCUT2D eigenvalue weighted by atomic mass is 9.81. The van der Waals surface area contributed by atoms with E-state index >= 15 is 0 Å². The quantitative estimate of drug-likeness (QED) is 0.129. The number of aromatic hydroxyl groups is 2. The smallest absolute Gasteiger partial charge is 0.131 e. The molecule has 0 radical (unpaired) electrons. The minimum absolute atomic E-state index is 0.216. The van der Waals surface area contributed by atoms with Gasteiger partial charge in [0.15, 0.2) is 0 Å². The second kappa shape index (κ2) is 21.1. The molecule has 4 aliphatic carbocycles. The molecule has 0 spiro atoms. The van der Waals surface area contributed by atoms with Gasteiger partial charge in [-0.25, -0.2) is 0 Å². The highest BCUT2D eigenvalue weighted by Crippen LogP contribution is 2.48. The van der Waals surface area contributed by atoms with Gasteiger partial charge in [0.2, 0.25) is 0 Å². The highest BCUT2D eigenvalue weighted by Gasteiger charge is 2.27. The zero-order chi connectivity index (χ0) is 45.6. The summed E-state index contributed by atoms with van der Waals surface area (Å²) in [5.41, 5.74) is 19.0. The van der Waals surface area contributed by atoms with Crippen LogP contribution in [0.25, 0.3) is 33.4 Å². The molecule has 66 heavy (non-hydrogen) atoms. The fourth-order valence-electron chi connectivity index (χ4n) is 11.8. The molecule has 346 valence electrons. The molecule has 0 bridgehead atoms. The lowest BCUT2D eigenvalue weighted by Gasteiger charge is -2.25. The van der Waals surface area contributed by atoms with Crippen molar-refractivity contribution in [3.05, 3.63) is 129 Å². The molecule has 2 heterocycles. The van der Waals surface area contributed by atoms with Crippen LogP contribution >= 0.6 is 0 Å². The number of ether oxygens (including phenoxy) is 2. The van der Waals surface area contributed by atoms with E-state index in [2.05, 4.69) is 74.1 Å². The Hall–Kier alpha value is -5.36. The topological polar surface area (TPSA) is 84.7 Å². The molecule has 5 aromatic rings. The fraction of sp³-hybridized carbons (Fsp3) is 0.467. The van der Waals surface area contributed by atoms with Gasteiger partial charge in [-0.3, -0.25) is 9.97 Å². The van der Waals surface area contributed by atoms with Crippen molar-refractivity contribution in [2.45, 2.75) is 181 Å². The van der Waals surface area contributed by atoms with Crippen LogP contribution in [0.4, 0.5) is 0 Å². The van der Waals surface area contributed by atoms with Crippen LogP contribution in [0.3, 0.4) is 0 Å². The van der Waals surface area contributed by atoms with Gasteiger partial charge in [0.05, 0.1) is 12.2 Å². The zero-order valence-electron chi connectivity index (χ0n) is 40.2. The van der Waals surface area contributed by atoms with Crippen molar-refractivity contribution < 1.29 is 19.7 Å². The monoisotopic (exact) mass is 885 g/mol. The van der Waals surface area contributed by atoms with Crippen molar-refractivity contribution in [2.75, 3.05) is 0 Å². The van der Waals surface area contributed by atoms with Crippen LogP contribution in [0.1, 0.15) is 162 Å². The first-order chi connectivity index (χ1) is 32.2. The number of phenolic OH excluding ortho intramolecular Hbond substituents is 2. The summed E-state index contributed by atoms with van der Waals surface area (Å²) in [5, 5.41) is 24.5. The van der Waals surface area contributed by atoms with Crippen LogP contribution in [0.2, 0.25) is 0 Å². The maximum atomic E-state index is 12.4. The molecule has 6 nitrogen and oxygen atoms in total. The number of hydrogen-bond acceptors (Lipinski definition) is 6. The predicted octanol–water partition coefficient (Wildman–Crippen LogP) is 15.4. The first kappa shape index (κ1) is 45.8. The van der Waals surface area contributed by atoms with E-state index < -0.39 is 0 Å². The van der Waals surface area contributed by atoms with Gasteiger partial charge in [-0.2, -0.15) is 0 Å². The van der Waals surface area contributed by atoms with Crippen LogP contribution in [-0.2, 0) is 32.1 Å². The van der Waals surface area contributed by atoms with Crippen molar-refractivity contribution in [3.63, 3.8) is 0 Å². The third kappa shape index (κ3) is 10.3. The van der Waals surface area contributed by atoms with Crippen molar-refractivity contribution in [1.82, 2.24) is 9.97 Å². The molecule has 2 aromatic heterocycles. The number of hydrogen-bond donors (Lipinski definition) is 2. The zero-order valence-corrected chi connectivity index (χ0v) is 40.2. The SMILES string of the molecule is Cc1cc(C/C2=C3\CCCC\C3=C\CCCCCC2)c(O)c(-c2cnccc2OC(C)C[C@@H](C)Oc2ccncc2-c2cc(C)cc(-c3c4c(cc5c3CCCCC5)CCCCC4)c2O)c1. The van der Waals surface area contributed by atoms with E-state index in [1.165, 1.54) is 123 Å². The summed E-state index contributed by atoms with van der Waals surface area (Å²) in [6.07, 6.45) is 34.5.